The van der Waals surface area contributed by atoms with E-state index in [4.69, 9.17) is 4.74 Å². The van der Waals surface area contributed by atoms with Gasteiger partial charge in [-0.2, -0.15) is 0 Å². The lowest BCUT2D eigenvalue weighted by Gasteiger charge is -2.12. The van der Waals surface area contributed by atoms with Gasteiger partial charge in [0.15, 0.2) is 0 Å². The number of carbonyl (C=O) groups is 1. The summed E-state index contributed by atoms with van der Waals surface area (Å²) < 4.78 is 18.9. The standard InChI is InChI=1S/C21H20FN3O2/c1-3-14(2)25-21(26)16-5-4-6-18(11-16)27-20-12-19(23-13-24-20)15-7-9-17(22)10-8-15/h4-14H,3H2,1-2H3,(H,25,26). The molecule has 27 heavy (non-hydrogen) atoms. The second-order valence-electron chi connectivity index (χ2n) is 6.16. The molecule has 138 valence electrons. The van der Waals surface area contributed by atoms with E-state index < -0.39 is 0 Å². The number of carbonyl (C=O) groups excluding carboxylic acids is 1. The first-order chi connectivity index (χ1) is 13.0. The van der Waals surface area contributed by atoms with Crippen LogP contribution in [0.4, 0.5) is 4.39 Å². The number of ether oxygens (including phenoxy) is 1. The van der Waals surface area contributed by atoms with Crippen molar-refractivity contribution in [2.24, 2.45) is 0 Å². The van der Waals surface area contributed by atoms with Gasteiger partial charge in [-0.1, -0.05) is 13.0 Å². The molecule has 1 unspecified atom stereocenters. The predicted molar refractivity (Wildman–Crippen MR) is 101 cm³/mol. The van der Waals surface area contributed by atoms with E-state index in [-0.39, 0.29) is 17.8 Å². The van der Waals surface area contributed by atoms with Gasteiger partial charge < -0.3 is 10.1 Å². The molecule has 0 aliphatic heterocycles. The van der Waals surface area contributed by atoms with Crippen LogP contribution in [0.5, 0.6) is 11.6 Å². The van der Waals surface area contributed by atoms with E-state index in [1.807, 2.05) is 13.8 Å². The molecule has 0 radical (unpaired) electrons. The number of hydrogen-bond acceptors (Lipinski definition) is 4. The van der Waals surface area contributed by atoms with Crippen molar-refractivity contribution in [3.05, 3.63) is 72.3 Å². The van der Waals surface area contributed by atoms with E-state index in [2.05, 4.69) is 15.3 Å². The summed E-state index contributed by atoms with van der Waals surface area (Å²) in [5.41, 5.74) is 1.89. The summed E-state index contributed by atoms with van der Waals surface area (Å²) in [7, 11) is 0. The highest BCUT2D eigenvalue weighted by Gasteiger charge is 2.10. The maximum atomic E-state index is 13.1. The summed E-state index contributed by atoms with van der Waals surface area (Å²) in [6.07, 6.45) is 2.24. The van der Waals surface area contributed by atoms with Crippen LogP contribution in [-0.2, 0) is 0 Å². The van der Waals surface area contributed by atoms with E-state index >= 15 is 0 Å². The van der Waals surface area contributed by atoms with Crippen molar-refractivity contribution in [2.75, 3.05) is 0 Å². The minimum Gasteiger partial charge on any atom is -0.439 e. The number of nitrogens with one attached hydrogen (secondary N) is 1. The number of rotatable bonds is 6. The van der Waals surface area contributed by atoms with Crippen molar-refractivity contribution >= 4 is 5.91 Å². The molecular weight excluding hydrogens is 345 g/mol. The molecule has 3 aromatic rings. The minimum atomic E-state index is -0.309. The number of nitrogens with zero attached hydrogens (tertiary/aromatic N) is 2. The maximum absolute atomic E-state index is 13.1. The number of amides is 1. The van der Waals surface area contributed by atoms with E-state index in [9.17, 15) is 9.18 Å². The first-order valence-electron chi connectivity index (χ1n) is 8.72. The topological polar surface area (TPSA) is 64.1 Å². The zero-order valence-electron chi connectivity index (χ0n) is 15.1. The molecule has 5 nitrogen and oxygen atoms in total. The quantitative estimate of drug-likeness (QED) is 0.693. The Morgan fingerprint density at radius 3 is 2.67 bits per heavy atom. The molecule has 3 rings (SSSR count). The number of aromatic nitrogens is 2. The van der Waals surface area contributed by atoms with Gasteiger partial charge >= 0.3 is 0 Å². The van der Waals surface area contributed by atoms with Crippen LogP contribution in [0.15, 0.2) is 60.9 Å². The summed E-state index contributed by atoms with van der Waals surface area (Å²) in [5, 5.41) is 2.92. The second-order valence-corrected chi connectivity index (χ2v) is 6.16. The van der Waals surface area contributed by atoms with Crippen molar-refractivity contribution in [3.63, 3.8) is 0 Å². The Morgan fingerprint density at radius 1 is 1.15 bits per heavy atom. The Balaban J connectivity index is 1.77. The van der Waals surface area contributed by atoms with Gasteiger partial charge in [0.1, 0.15) is 17.9 Å². The summed E-state index contributed by atoms with van der Waals surface area (Å²) in [4.78, 5) is 20.6. The van der Waals surface area contributed by atoms with Gasteiger partial charge in [0.05, 0.1) is 5.69 Å². The van der Waals surface area contributed by atoms with Crippen LogP contribution in [0.25, 0.3) is 11.3 Å². The fourth-order valence-corrected chi connectivity index (χ4v) is 2.40. The Hall–Kier alpha value is -3.28. The smallest absolute Gasteiger partial charge is 0.251 e. The Kier molecular flexibility index (Phi) is 5.76. The van der Waals surface area contributed by atoms with Crippen molar-refractivity contribution < 1.29 is 13.9 Å². The lowest BCUT2D eigenvalue weighted by Crippen LogP contribution is -2.31. The molecule has 0 spiro atoms. The number of halogens is 1. The highest BCUT2D eigenvalue weighted by molar-refractivity contribution is 5.94. The fraction of sp³-hybridized carbons (Fsp3) is 0.190. The molecule has 0 bridgehead atoms. The molecule has 0 saturated carbocycles. The fourth-order valence-electron chi connectivity index (χ4n) is 2.40. The average molecular weight is 365 g/mol. The Bertz CT molecular complexity index is 929. The Morgan fingerprint density at radius 2 is 1.93 bits per heavy atom. The lowest BCUT2D eigenvalue weighted by atomic mass is 10.1. The third-order valence-electron chi connectivity index (χ3n) is 4.09. The number of benzene rings is 2. The van der Waals surface area contributed by atoms with Crippen molar-refractivity contribution in [3.8, 4) is 22.9 Å². The Labute approximate surface area is 157 Å². The van der Waals surface area contributed by atoms with Crippen LogP contribution in [-0.4, -0.2) is 21.9 Å². The van der Waals surface area contributed by atoms with E-state index in [0.717, 1.165) is 12.0 Å². The zero-order valence-corrected chi connectivity index (χ0v) is 15.1. The average Bonchev–Trinajstić information content (AvgIpc) is 2.69. The molecule has 1 atom stereocenters. The second kappa shape index (κ2) is 8.40. The van der Waals surface area contributed by atoms with Gasteiger partial charge in [0.25, 0.3) is 5.91 Å². The van der Waals surface area contributed by atoms with Crippen molar-refractivity contribution in [2.45, 2.75) is 26.3 Å². The molecule has 0 saturated heterocycles. The molecule has 1 N–H and O–H groups in total. The molecule has 1 amide bonds. The lowest BCUT2D eigenvalue weighted by molar-refractivity contribution is 0.0939. The van der Waals surface area contributed by atoms with Gasteiger partial charge in [-0.25, -0.2) is 14.4 Å². The van der Waals surface area contributed by atoms with Gasteiger partial charge in [-0.05, 0) is 55.8 Å². The van der Waals surface area contributed by atoms with Crippen LogP contribution in [0.3, 0.4) is 0 Å². The van der Waals surface area contributed by atoms with Gasteiger partial charge in [0.2, 0.25) is 5.88 Å². The molecule has 2 aromatic carbocycles. The van der Waals surface area contributed by atoms with E-state index in [1.165, 1.54) is 18.5 Å². The van der Waals surface area contributed by atoms with Crippen LogP contribution >= 0.6 is 0 Å². The number of hydrogen-bond donors (Lipinski definition) is 1. The monoisotopic (exact) mass is 365 g/mol. The van der Waals surface area contributed by atoms with Crippen LogP contribution < -0.4 is 10.1 Å². The summed E-state index contributed by atoms with van der Waals surface area (Å²) in [5.74, 6) is 0.376. The predicted octanol–water partition coefficient (Wildman–Crippen LogP) is 4.60. The third-order valence-corrected chi connectivity index (χ3v) is 4.09. The normalized spacial score (nSPS) is 11.7. The molecular formula is C21H20FN3O2. The van der Waals surface area contributed by atoms with Crippen molar-refractivity contribution in [1.29, 1.82) is 0 Å². The van der Waals surface area contributed by atoms with Gasteiger partial charge in [-0.3, -0.25) is 4.79 Å². The highest BCUT2D eigenvalue weighted by atomic mass is 19.1. The molecule has 0 fully saturated rings. The van der Waals surface area contributed by atoms with E-state index in [0.29, 0.717) is 22.9 Å². The molecule has 0 aliphatic rings. The molecule has 6 heteroatoms. The molecule has 1 aromatic heterocycles. The van der Waals surface area contributed by atoms with Gasteiger partial charge in [0, 0.05) is 23.2 Å². The first kappa shape index (κ1) is 18.5. The summed E-state index contributed by atoms with van der Waals surface area (Å²) in [6, 6.07) is 14.7. The van der Waals surface area contributed by atoms with Crippen LogP contribution in [0.2, 0.25) is 0 Å². The molecule has 1 heterocycles. The third kappa shape index (κ3) is 4.88. The van der Waals surface area contributed by atoms with Crippen molar-refractivity contribution in [1.82, 2.24) is 15.3 Å². The van der Waals surface area contributed by atoms with E-state index in [1.54, 1.807) is 42.5 Å². The highest BCUT2D eigenvalue weighted by Crippen LogP contribution is 2.24. The van der Waals surface area contributed by atoms with Crippen LogP contribution in [0.1, 0.15) is 30.6 Å². The SMILES string of the molecule is CCC(C)NC(=O)c1cccc(Oc2cc(-c3ccc(F)cc3)ncn2)c1. The summed E-state index contributed by atoms with van der Waals surface area (Å²) >= 11 is 0. The van der Waals surface area contributed by atoms with Crippen LogP contribution in [0, 0.1) is 5.82 Å². The maximum Gasteiger partial charge on any atom is 0.251 e. The summed E-state index contributed by atoms with van der Waals surface area (Å²) in [6.45, 7) is 3.97. The molecule has 0 aliphatic carbocycles. The largest absolute Gasteiger partial charge is 0.439 e. The zero-order chi connectivity index (χ0) is 19.2. The minimum absolute atomic E-state index is 0.0993. The van der Waals surface area contributed by atoms with Gasteiger partial charge in [-0.15, -0.1) is 0 Å². The first-order valence-corrected chi connectivity index (χ1v) is 8.72.